The Labute approximate surface area is 152 Å². The topological polar surface area (TPSA) is 70.1 Å². The lowest BCUT2D eigenvalue weighted by Gasteiger charge is -2.00. The lowest BCUT2D eigenvalue weighted by Crippen LogP contribution is -2.19. The molecule has 0 spiro atoms. The van der Waals surface area contributed by atoms with Gasteiger partial charge in [0.05, 0.1) is 28.0 Å². The van der Waals surface area contributed by atoms with Gasteiger partial charge in [0.15, 0.2) is 5.16 Å². The molecule has 5 nitrogen and oxygen atoms in total. The number of hydrogen-bond acceptors (Lipinski definition) is 4. The summed E-state index contributed by atoms with van der Waals surface area (Å²) in [6.45, 7) is 0. The van der Waals surface area contributed by atoms with Gasteiger partial charge in [-0.2, -0.15) is 5.10 Å². The number of nitrogens with zero attached hydrogens (tertiary/aromatic N) is 2. The van der Waals surface area contributed by atoms with E-state index < -0.39 is 0 Å². The molecule has 8 heteroatoms. The van der Waals surface area contributed by atoms with Gasteiger partial charge in [-0.3, -0.25) is 4.79 Å². The lowest BCUT2D eigenvalue weighted by atomic mass is 10.2. The zero-order valence-corrected chi connectivity index (χ0v) is 14.6. The first-order valence-corrected chi connectivity index (χ1v) is 8.70. The van der Waals surface area contributed by atoms with Crippen molar-refractivity contribution in [2.24, 2.45) is 5.10 Å². The van der Waals surface area contributed by atoms with Gasteiger partial charge in [-0.15, -0.1) is 0 Å². The van der Waals surface area contributed by atoms with Crippen LogP contribution in [0.4, 0.5) is 0 Å². The first-order valence-electron chi connectivity index (χ1n) is 6.96. The molecule has 0 bridgehead atoms. The maximum atomic E-state index is 11.8. The van der Waals surface area contributed by atoms with Crippen LogP contribution in [0.15, 0.2) is 52.7 Å². The molecule has 0 unspecified atom stereocenters. The van der Waals surface area contributed by atoms with E-state index in [9.17, 15) is 4.79 Å². The fourth-order valence-corrected chi connectivity index (χ4v) is 3.08. The fourth-order valence-electron chi connectivity index (χ4n) is 1.94. The third-order valence-electron chi connectivity index (χ3n) is 3.06. The van der Waals surface area contributed by atoms with E-state index in [2.05, 4.69) is 20.5 Å². The van der Waals surface area contributed by atoms with Crippen molar-refractivity contribution in [1.82, 2.24) is 15.4 Å². The number of imidazole rings is 1. The maximum Gasteiger partial charge on any atom is 0.250 e. The molecule has 0 fully saturated rings. The highest BCUT2D eigenvalue weighted by atomic mass is 35.5. The van der Waals surface area contributed by atoms with Crippen molar-refractivity contribution >= 4 is 58.1 Å². The summed E-state index contributed by atoms with van der Waals surface area (Å²) in [6, 6.07) is 12.7. The SMILES string of the molecule is O=C(CSc1nc2ccccc2[nH]1)N/N=C/c1ccc(Cl)cc1Cl. The molecule has 3 aromatic rings. The van der Waals surface area contributed by atoms with Crippen LogP contribution in [0.25, 0.3) is 11.0 Å². The van der Waals surface area contributed by atoms with E-state index in [4.69, 9.17) is 23.2 Å². The Morgan fingerprint density at radius 1 is 1.29 bits per heavy atom. The van der Waals surface area contributed by atoms with Crippen molar-refractivity contribution in [3.05, 3.63) is 58.1 Å². The van der Waals surface area contributed by atoms with E-state index in [0.717, 1.165) is 11.0 Å². The minimum Gasteiger partial charge on any atom is -0.333 e. The Morgan fingerprint density at radius 3 is 2.92 bits per heavy atom. The third kappa shape index (κ3) is 4.29. The van der Waals surface area contributed by atoms with Crippen molar-refractivity contribution in [3.63, 3.8) is 0 Å². The molecule has 2 N–H and O–H groups in total. The monoisotopic (exact) mass is 378 g/mol. The number of thioether (sulfide) groups is 1. The van der Waals surface area contributed by atoms with Crippen LogP contribution in [0.3, 0.4) is 0 Å². The van der Waals surface area contributed by atoms with Crippen LogP contribution in [-0.2, 0) is 4.79 Å². The molecule has 1 aromatic heterocycles. The van der Waals surface area contributed by atoms with Crippen LogP contribution in [-0.4, -0.2) is 27.8 Å². The van der Waals surface area contributed by atoms with Crippen LogP contribution >= 0.6 is 35.0 Å². The summed E-state index contributed by atoms with van der Waals surface area (Å²) in [5, 5.41) is 5.60. The highest BCUT2D eigenvalue weighted by Crippen LogP contribution is 2.20. The number of benzene rings is 2. The molecule has 1 amide bonds. The van der Waals surface area contributed by atoms with Crippen molar-refractivity contribution in [3.8, 4) is 0 Å². The summed E-state index contributed by atoms with van der Waals surface area (Å²) in [5.74, 6) is -0.0345. The van der Waals surface area contributed by atoms with E-state index >= 15 is 0 Å². The number of nitrogens with one attached hydrogen (secondary N) is 2. The first kappa shape index (κ1) is 16.8. The number of halogens is 2. The third-order valence-corrected chi connectivity index (χ3v) is 4.50. The van der Waals surface area contributed by atoms with Gasteiger partial charge in [-0.1, -0.05) is 53.2 Å². The maximum absolute atomic E-state index is 11.8. The second kappa shape index (κ2) is 7.70. The minimum absolute atomic E-state index is 0.200. The van der Waals surface area contributed by atoms with Crippen LogP contribution in [0, 0.1) is 0 Å². The summed E-state index contributed by atoms with van der Waals surface area (Å²) >= 11 is 13.1. The zero-order valence-electron chi connectivity index (χ0n) is 12.3. The number of para-hydroxylation sites is 2. The van der Waals surface area contributed by atoms with Crippen LogP contribution in [0.5, 0.6) is 0 Å². The molecule has 1 heterocycles. The summed E-state index contributed by atoms with van der Waals surface area (Å²) in [4.78, 5) is 19.4. The van der Waals surface area contributed by atoms with Gasteiger partial charge in [0, 0.05) is 10.6 Å². The molecular weight excluding hydrogens is 367 g/mol. The van der Waals surface area contributed by atoms with Gasteiger partial charge in [-0.05, 0) is 24.3 Å². The average molecular weight is 379 g/mol. The Morgan fingerprint density at radius 2 is 2.12 bits per heavy atom. The molecule has 3 rings (SSSR count). The number of carbonyl (C=O) groups is 1. The number of aromatic nitrogens is 2. The van der Waals surface area contributed by atoms with E-state index in [0.29, 0.717) is 20.8 Å². The number of H-pyrrole nitrogens is 1. The summed E-state index contributed by atoms with van der Waals surface area (Å²) < 4.78 is 0. The predicted octanol–water partition coefficient (Wildman–Crippen LogP) is 4.11. The predicted molar refractivity (Wildman–Crippen MR) is 99.0 cm³/mol. The molecule has 0 atom stereocenters. The summed E-state index contributed by atoms with van der Waals surface area (Å²) in [5.41, 5.74) is 4.94. The van der Waals surface area contributed by atoms with Crippen LogP contribution in [0.1, 0.15) is 5.56 Å². The molecule has 0 aliphatic heterocycles. The fraction of sp³-hybridized carbons (Fsp3) is 0.0625. The van der Waals surface area contributed by atoms with Gasteiger partial charge < -0.3 is 4.98 Å². The quantitative estimate of drug-likeness (QED) is 0.398. The zero-order chi connectivity index (χ0) is 16.9. The number of aromatic amines is 1. The molecule has 0 saturated heterocycles. The smallest absolute Gasteiger partial charge is 0.250 e. The lowest BCUT2D eigenvalue weighted by molar-refractivity contribution is -0.118. The Hall–Kier alpha value is -2.02. The standard InChI is InChI=1S/C16H12Cl2N4OS/c17-11-6-5-10(12(18)7-11)8-19-22-15(23)9-24-16-20-13-3-1-2-4-14(13)21-16/h1-8H,9H2,(H,20,21)(H,22,23)/b19-8+. The number of amides is 1. The molecule has 122 valence electrons. The molecule has 2 aromatic carbocycles. The Kier molecular flexibility index (Phi) is 5.40. The first-order chi connectivity index (χ1) is 11.6. The summed E-state index contributed by atoms with van der Waals surface area (Å²) in [6.07, 6.45) is 1.47. The highest BCUT2D eigenvalue weighted by Gasteiger charge is 2.06. The molecule has 0 aliphatic carbocycles. The van der Waals surface area contributed by atoms with E-state index in [1.54, 1.807) is 18.2 Å². The Bertz CT molecular complexity index is 877. The van der Waals surface area contributed by atoms with E-state index in [-0.39, 0.29) is 11.7 Å². The average Bonchev–Trinajstić information content (AvgIpc) is 2.98. The second-order valence-electron chi connectivity index (χ2n) is 4.81. The number of carbonyl (C=O) groups excluding carboxylic acids is 1. The van der Waals surface area contributed by atoms with Crippen molar-refractivity contribution in [2.45, 2.75) is 5.16 Å². The molecule has 0 saturated carbocycles. The largest absolute Gasteiger partial charge is 0.333 e. The van der Waals surface area contributed by atoms with Crippen molar-refractivity contribution in [2.75, 3.05) is 5.75 Å². The number of rotatable bonds is 5. The molecule has 0 aliphatic rings. The molecule has 24 heavy (non-hydrogen) atoms. The number of fused-ring (bicyclic) bond motifs is 1. The van der Waals surface area contributed by atoms with Gasteiger partial charge in [0.2, 0.25) is 0 Å². The van der Waals surface area contributed by atoms with Crippen molar-refractivity contribution < 1.29 is 4.79 Å². The molecule has 0 radical (unpaired) electrons. The van der Waals surface area contributed by atoms with Crippen LogP contribution in [0.2, 0.25) is 10.0 Å². The Balaban J connectivity index is 1.53. The van der Waals surface area contributed by atoms with Gasteiger partial charge >= 0.3 is 0 Å². The minimum atomic E-state index is -0.234. The molecular formula is C16H12Cl2N4OS. The van der Waals surface area contributed by atoms with Gasteiger partial charge in [0.1, 0.15) is 0 Å². The highest BCUT2D eigenvalue weighted by molar-refractivity contribution is 7.99. The van der Waals surface area contributed by atoms with Crippen molar-refractivity contribution in [1.29, 1.82) is 0 Å². The number of hydrogen-bond donors (Lipinski definition) is 2. The summed E-state index contributed by atoms with van der Waals surface area (Å²) in [7, 11) is 0. The van der Waals surface area contributed by atoms with E-state index in [1.807, 2.05) is 24.3 Å². The van der Waals surface area contributed by atoms with Crippen LogP contribution < -0.4 is 5.43 Å². The van der Waals surface area contributed by atoms with Gasteiger partial charge in [0.25, 0.3) is 5.91 Å². The second-order valence-corrected chi connectivity index (χ2v) is 6.61. The van der Waals surface area contributed by atoms with E-state index in [1.165, 1.54) is 18.0 Å². The normalized spacial score (nSPS) is 11.2. The van der Waals surface area contributed by atoms with Gasteiger partial charge in [-0.25, -0.2) is 10.4 Å². The number of hydrazone groups is 1.